The highest BCUT2D eigenvalue weighted by Crippen LogP contribution is 2.35. The number of methoxy groups -OCH3 is 1. The molecule has 0 amide bonds. The van der Waals surface area contributed by atoms with Crippen LogP contribution in [0.25, 0.3) is 0 Å². The number of Topliss-reactive ketones (excluding diaryl/α,β-unsaturated/α-hetero) is 1. The number of hydrogen-bond acceptors (Lipinski definition) is 7. The monoisotopic (exact) mass is 441 g/mol. The van der Waals surface area contributed by atoms with Crippen molar-refractivity contribution in [2.75, 3.05) is 12.4 Å². The van der Waals surface area contributed by atoms with E-state index in [0.29, 0.717) is 17.0 Å². The average Bonchev–Trinajstić information content (AvgIpc) is 2.77. The molecule has 0 radical (unpaired) electrons. The minimum Gasteiger partial charge on any atom is -0.497 e. The topological polar surface area (TPSA) is 98.8 Å². The largest absolute Gasteiger partial charge is 0.497 e. The van der Waals surface area contributed by atoms with Gasteiger partial charge in [0.1, 0.15) is 11.3 Å². The molecule has 0 spiro atoms. The summed E-state index contributed by atoms with van der Waals surface area (Å²) >= 11 is 0. The lowest BCUT2D eigenvalue weighted by atomic mass is 9.72. The number of ketones is 1. The van der Waals surface area contributed by atoms with Gasteiger partial charge in [0.15, 0.2) is 5.78 Å². The number of carbonyl (C=O) groups excluding carboxylic acids is 4. The number of benzene rings is 2. The molecule has 1 N–H and O–H groups in total. The molecular weight excluding hydrogens is 410 g/mol. The Morgan fingerprint density at radius 2 is 1.44 bits per heavy atom. The molecule has 2 aromatic carbocycles. The van der Waals surface area contributed by atoms with Gasteiger partial charge < -0.3 is 14.8 Å². The first-order valence-electron chi connectivity index (χ1n) is 10.4. The van der Waals surface area contributed by atoms with Crippen LogP contribution in [-0.2, 0) is 19.1 Å². The summed E-state index contributed by atoms with van der Waals surface area (Å²) < 4.78 is 10.8. The summed E-state index contributed by atoms with van der Waals surface area (Å²) in [5.41, 5.74) is 0.0537. The minimum absolute atomic E-state index is 0.110. The molecule has 7 heteroatoms. The summed E-state index contributed by atoms with van der Waals surface area (Å²) in [6, 6.07) is 16.3. The van der Waals surface area contributed by atoms with E-state index in [0.717, 1.165) is 0 Å². The Hall–Kier alpha value is -3.44. The molecule has 172 valence electrons. The zero-order chi connectivity index (χ0) is 24.3. The molecule has 7 nitrogen and oxygen atoms in total. The maximum Gasteiger partial charge on any atom is 0.373 e. The van der Waals surface area contributed by atoms with E-state index in [4.69, 9.17) is 19.1 Å². The second-order valence-corrected chi connectivity index (χ2v) is 7.87. The van der Waals surface area contributed by atoms with Crippen LogP contribution in [0.4, 0.5) is 5.69 Å². The number of rotatable bonds is 9. The van der Waals surface area contributed by atoms with E-state index in [1.165, 1.54) is 0 Å². The molecule has 0 fully saturated rings. The predicted octanol–water partition coefficient (Wildman–Crippen LogP) is 4.39. The van der Waals surface area contributed by atoms with Crippen molar-refractivity contribution in [1.82, 2.24) is 0 Å². The summed E-state index contributed by atoms with van der Waals surface area (Å²) in [6.45, 7) is 9.24. The number of esters is 1. The van der Waals surface area contributed by atoms with Gasteiger partial charge in [-0.05, 0) is 44.0 Å². The quantitative estimate of drug-likeness (QED) is 0.455. The first-order valence-corrected chi connectivity index (χ1v) is 10.4. The van der Waals surface area contributed by atoms with Crippen LogP contribution in [0.5, 0.6) is 5.75 Å². The van der Waals surface area contributed by atoms with E-state index in [9.17, 15) is 9.59 Å². The molecule has 0 aliphatic heterocycles. The third kappa shape index (κ3) is 6.53. The van der Waals surface area contributed by atoms with Gasteiger partial charge in [-0.1, -0.05) is 51.1 Å². The Kier molecular flexibility index (Phi) is 10.3. The summed E-state index contributed by atoms with van der Waals surface area (Å²) in [5, 5.41) is 3.35. The van der Waals surface area contributed by atoms with Crippen molar-refractivity contribution >= 4 is 23.6 Å². The first kappa shape index (κ1) is 26.6. The molecule has 0 saturated carbocycles. The maximum atomic E-state index is 13.4. The molecule has 2 unspecified atom stereocenters. The van der Waals surface area contributed by atoms with E-state index in [1.807, 2.05) is 56.3 Å². The van der Waals surface area contributed by atoms with E-state index in [-0.39, 0.29) is 24.0 Å². The second kappa shape index (κ2) is 12.4. The van der Waals surface area contributed by atoms with Crippen molar-refractivity contribution in [3.63, 3.8) is 0 Å². The van der Waals surface area contributed by atoms with E-state index in [1.54, 1.807) is 40.0 Å². The smallest absolute Gasteiger partial charge is 0.373 e. The molecule has 0 heterocycles. The van der Waals surface area contributed by atoms with E-state index in [2.05, 4.69) is 5.32 Å². The number of nitrogens with one attached hydrogen (secondary N) is 1. The lowest BCUT2D eigenvalue weighted by molar-refractivity contribution is -0.191. The Labute approximate surface area is 189 Å². The highest BCUT2D eigenvalue weighted by Gasteiger charge is 2.51. The number of ether oxygens (including phenoxy) is 2. The van der Waals surface area contributed by atoms with Crippen molar-refractivity contribution in [3.8, 4) is 5.75 Å². The lowest BCUT2D eigenvalue weighted by Gasteiger charge is -2.41. The normalized spacial score (nSPS) is 13.1. The van der Waals surface area contributed by atoms with Crippen molar-refractivity contribution in [2.24, 2.45) is 11.8 Å². The number of anilines is 1. The number of hydrogen-bond donors (Lipinski definition) is 1. The average molecular weight is 442 g/mol. The van der Waals surface area contributed by atoms with Gasteiger partial charge in [-0.25, -0.2) is 4.79 Å². The van der Waals surface area contributed by atoms with Crippen molar-refractivity contribution in [1.29, 1.82) is 0 Å². The summed E-state index contributed by atoms with van der Waals surface area (Å²) in [5.74, 6) is -0.697. The molecule has 2 atom stereocenters. The Bertz CT molecular complexity index is 902. The van der Waals surface area contributed by atoms with Gasteiger partial charge >= 0.3 is 12.1 Å². The van der Waals surface area contributed by atoms with Crippen LogP contribution in [0.15, 0.2) is 54.6 Å². The van der Waals surface area contributed by atoms with E-state index < -0.39 is 17.4 Å². The summed E-state index contributed by atoms with van der Waals surface area (Å²) in [4.78, 5) is 42.9. The molecule has 32 heavy (non-hydrogen) atoms. The van der Waals surface area contributed by atoms with E-state index >= 15 is 0 Å². The maximum absolute atomic E-state index is 13.4. The summed E-state index contributed by atoms with van der Waals surface area (Å²) in [7, 11) is 1.60. The van der Waals surface area contributed by atoms with Gasteiger partial charge in [-0.15, -0.1) is 0 Å². The zero-order valence-corrected chi connectivity index (χ0v) is 19.4. The van der Waals surface area contributed by atoms with Gasteiger partial charge in [0.2, 0.25) is 0 Å². The molecule has 0 aliphatic carbocycles. The third-order valence-electron chi connectivity index (χ3n) is 5.17. The fourth-order valence-electron chi connectivity index (χ4n) is 3.50. The fourth-order valence-corrected chi connectivity index (χ4v) is 3.50. The highest BCUT2D eigenvalue weighted by atomic mass is 16.5. The molecule has 0 bridgehead atoms. The Morgan fingerprint density at radius 3 is 1.88 bits per heavy atom. The Balaban J connectivity index is 0.00000161. The highest BCUT2D eigenvalue weighted by molar-refractivity contribution is 6.03. The Morgan fingerprint density at radius 1 is 0.906 bits per heavy atom. The van der Waals surface area contributed by atoms with Gasteiger partial charge in [0.05, 0.1) is 19.1 Å². The van der Waals surface area contributed by atoms with Crippen molar-refractivity contribution < 1.29 is 28.7 Å². The van der Waals surface area contributed by atoms with Gasteiger partial charge in [0, 0.05) is 11.3 Å². The number of carbonyl (C=O) groups is 2. The molecular formula is C25H31NO6. The SMILES string of the molecule is COc1ccc(NC(C(=O)OC(C)C)(C(C)C)C(C)C(=O)c2ccccc2)cc1.O=C=O. The van der Waals surface area contributed by atoms with Crippen molar-refractivity contribution in [3.05, 3.63) is 60.2 Å². The standard InChI is InChI=1S/C24H31NO4.CO2/c1-16(2)24(23(27)29-17(3)4,25-20-12-14-21(28-6)15-13-20)18(5)22(26)19-10-8-7-9-11-19;2-1-3/h7-18,25H,1-6H3;. The van der Waals surface area contributed by atoms with Gasteiger partial charge in [-0.3, -0.25) is 4.79 Å². The third-order valence-corrected chi connectivity index (χ3v) is 5.17. The van der Waals surface area contributed by atoms with Crippen molar-refractivity contribution in [2.45, 2.75) is 46.3 Å². The molecule has 2 rings (SSSR count). The van der Waals surface area contributed by atoms with Crippen LogP contribution in [0.2, 0.25) is 0 Å². The van der Waals surface area contributed by atoms with Crippen LogP contribution in [0, 0.1) is 11.8 Å². The first-order chi connectivity index (χ1) is 15.1. The van der Waals surface area contributed by atoms with Crippen LogP contribution < -0.4 is 10.1 Å². The minimum atomic E-state index is -1.23. The predicted molar refractivity (Wildman–Crippen MR) is 120 cm³/mol. The lowest BCUT2D eigenvalue weighted by Crippen LogP contribution is -2.59. The van der Waals surface area contributed by atoms with Gasteiger partial charge in [0.25, 0.3) is 0 Å². The fraction of sp³-hybridized carbons (Fsp3) is 0.400. The van der Waals surface area contributed by atoms with Crippen LogP contribution >= 0.6 is 0 Å². The summed E-state index contributed by atoms with van der Waals surface area (Å²) in [6.07, 6.45) is -0.0441. The molecule has 2 aromatic rings. The molecule has 0 saturated heterocycles. The van der Waals surface area contributed by atoms with Crippen LogP contribution in [0.1, 0.15) is 45.0 Å². The van der Waals surface area contributed by atoms with Crippen LogP contribution in [0.3, 0.4) is 0 Å². The molecule has 0 aliphatic rings. The van der Waals surface area contributed by atoms with Gasteiger partial charge in [-0.2, -0.15) is 9.59 Å². The second-order valence-electron chi connectivity index (χ2n) is 7.87. The van der Waals surface area contributed by atoms with Crippen LogP contribution in [-0.4, -0.2) is 36.7 Å². The zero-order valence-electron chi connectivity index (χ0n) is 19.4. The molecule has 0 aromatic heterocycles.